The number of amides is 1. The molecular weight excluding hydrogens is 576 g/mol. The van der Waals surface area contributed by atoms with Gasteiger partial charge in [0.15, 0.2) is 0 Å². The quantitative estimate of drug-likeness (QED) is 0.184. The van der Waals surface area contributed by atoms with Gasteiger partial charge < -0.3 is 9.47 Å². The molecule has 0 saturated heterocycles. The van der Waals surface area contributed by atoms with E-state index in [9.17, 15) is 13.2 Å². The van der Waals surface area contributed by atoms with Crippen LogP contribution in [-0.2, 0) is 27.9 Å². The van der Waals surface area contributed by atoms with Crippen molar-refractivity contribution in [2.75, 3.05) is 19.6 Å². The Labute approximate surface area is 239 Å². The molecule has 4 aromatic rings. The monoisotopic (exact) mass is 610 g/mol. The predicted octanol–water partition coefficient (Wildman–Crippen LogP) is 6.08. The summed E-state index contributed by atoms with van der Waals surface area (Å²) in [6, 6.07) is 20.9. The number of nitrogens with zero attached hydrogens (tertiary/aromatic N) is 4. The Bertz CT molecular complexity index is 1500. The summed E-state index contributed by atoms with van der Waals surface area (Å²) in [6.07, 6.45) is 5.97. The number of para-hydroxylation sites is 1. The maximum absolute atomic E-state index is 13.8. The third-order valence-corrected chi connectivity index (χ3v) is 9.08. The molecule has 206 valence electrons. The molecule has 0 spiro atoms. The average Bonchev–Trinajstić information content (AvgIpc) is 3.37. The minimum absolute atomic E-state index is 0.130. The van der Waals surface area contributed by atoms with Crippen molar-refractivity contribution in [3.05, 3.63) is 94.9 Å². The molecule has 1 amide bonds. The van der Waals surface area contributed by atoms with Gasteiger partial charge in [0.1, 0.15) is 4.90 Å². The maximum Gasteiger partial charge on any atom is 0.245 e. The van der Waals surface area contributed by atoms with Crippen LogP contribution in [0.25, 0.3) is 10.9 Å². The van der Waals surface area contributed by atoms with Crippen LogP contribution < -0.4 is 0 Å². The number of rotatable bonds is 13. The lowest BCUT2D eigenvalue weighted by molar-refractivity contribution is -0.132. The fraction of sp³-hybridized carbons (Fsp3) is 0.333. The first-order chi connectivity index (χ1) is 18.8. The highest BCUT2D eigenvalue weighted by Gasteiger charge is 2.30. The molecule has 2 aromatic heterocycles. The van der Waals surface area contributed by atoms with Gasteiger partial charge in [0, 0.05) is 47.6 Å². The van der Waals surface area contributed by atoms with Gasteiger partial charge in [0.25, 0.3) is 0 Å². The van der Waals surface area contributed by atoms with Crippen LogP contribution in [0.4, 0.5) is 0 Å². The molecule has 0 radical (unpaired) electrons. The minimum atomic E-state index is -3.94. The summed E-state index contributed by atoms with van der Waals surface area (Å²) in [4.78, 5) is 20.0. The molecule has 0 saturated carbocycles. The molecule has 0 atom stereocenters. The first-order valence-electron chi connectivity index (χ1n) is 13.3. The van der Waals surface area contributed by atoms with Crippen molar-refractivity contribution in [1.82, 2.24) is 18.8 Å². The van der Waals surface area contributed by atoms with E-state index in [4.69, 9.17) is 0 Å². The number of pyridine rings is 1. The molecule has 4 rings (SSSR count). The van der Waals surface area contributed by atoms with E-state index in [0.717, 1.165) is 34.0 Å². The zero-order valence-electron chi connectivity index (χ0n) is 22.5. The van der Waals surface area contributed by atoms with Crippen LogP contribution >= 0.6 is 15.9 Å². The third-order valence-electron chi connectivity index (χ3n) is 6.68. The largest absolute Gasteiger partial charge is 0.345 e. The number of carbonyl (C=O) groups is 1. The molecule has 0 fully saturated rings. The van der Waals surface area contributed by atoms with Crippen molar-refractivity contribution in [1.29, 1.82) is 0 Å². The van der Waals surface area contributed by atoms with Gasteiger partial charge in [0.2, 0.25) is 15.9 Å². The molecule has 0 aliphatic carbocycles. The van der Waals surface area contributed by atoms with Gasteiger partial charge in [-0.1, -0.05) is 66.5 Å². The van der Waals surface area contributed by atoms with E-state index in [1.54, 1.807) is 29.3 Å². The first kappa shape index (κ1) is 29.0. The van der Waals surface area contributed by atoms with Crippen LogP contribution in [-0.4, -0.2) is 52.7 Å². The molecule has 9 heteroatoms. The molecule has 0 unspecified atom stereocenters. The van der Waals surface area contributed by atoms with Crippen LogP contribution in [0.15, 0.2) is 88.5 Å². The highest BCUT2D eigenvalue weighted by atomic mass is 79.9. The van der Waals surface area contributed by atoms with Crippen LogP contribution in [0.3, 0.4) is 0 Å². The number of halogens is 1. The molecule has 0 aliphatic rings. The number of aromatic nitrogens is 2. The number of sulfonamides is 1. The zero-order chi connectivity index (χ0) is 27.8. The Morgan fingerprint density at radius 1 is 0.949 bits per heavy atom. The van der Waals surface area contributed by atoms with Gasteiger partial charge in [-0.05, 0) is 54.8 Å². The second-order valence-corrected chi connectivity index (χ2v) is 12.4. The van der Waals surface area contributed by atoms with E-state index in [2.05, 4.69) is 44.5 Å². The molecule has 39 heavy (non-hydrogen) atoms. The number of hydrogen-bond donors (Lipinski definition) is 0. The lowest BCUT2D eigenvalue weighted by atomic mass is 10.2. The van der Waals surface area contributed by atoms with Gasteiger partial charge >= 0.3 is 0 Å². The Morgan fingerprint density at radius 2 is 1.72 bits per heavy atom. The van der Waals surface area contributed by atoms with Crippen molar-refractivity contribution in [3.8, 4) is 0 Å². The standard InChI is InChI=1S/C30H35BrN4O3S/c1-3-5-19-34(22-27-11-8-20-33(27)21-24-13-15-26(31)16-14-24)29(36)23-35(18-4-2)39(37,38)28-12-6-9-25-10-7-17-32-30(25)28/h6-17,20H,3-5,18-19,21-23H2,1-2H3. The van der Waals surface area contributed by atoms with Crippen LogP contribution in [0.2, 0.25) is 0 Å². The Balaban J connectivity index is 1.57. The second kappa shape index (κ2) is 13.4. The number of hydrogen-bond acceptors (Lipinski definition) is 4. The summed E-state index contributed by atoms with van der Waals surface area (Å²) in [5.74, 6) is -0.204. The van der Waals surface area contributed by atoms with Crippen LogP contribution in [0.1, 0.15) is 44.4 Å². The number of benzene rings is 2. The Kier molecular flexibility index (Phi) is 9.94. The van der Waals surface area contributed by atoms with E-state index in [1.165, 1.54) is 4.31 Å². The number of fused-ring (bicyclic) bond motifs is 1. The van der Waals surface area contributed by atoms with E-state index < -0.39 is 10.0 Å². The van der Waals surface area contributed by atoms with Crippen molar-refractivity contribution < 1.29 is 13.2 Å². The highest BCUT2D eigenvalue weighted by molar-refractivity contribution is 9.10. The fourth-order valence-electron chi connectivity index (χ4n) is 4.58. The van der Waals surface area contributed by atoms with Crippen LogP contribution in [0, 0.1) is 0 Å². The first-order valence-corrected chi connectivity index (χ1v) is 15.6. The SMILES string of the molecule is CCCCN(Cc1cccn1Cc1ccc(Br)cc1)C(=O)CN(CCC)S(=O)(=O)c1cccc2cccnc12. The average molecular weight is 612 g/mol. The van der Waals surface area contributed by atoms with Gasteiger partial charge in [-0.2, -0.15) is 4.31 Å². The van der Waals surface area contributed by atoms with Crippen molar-refractivity contribution in [2.24, 2.45) is 0 Å². The zero-order valence-corrected chi connectivity index (χ0v) is 24.9. The highest BCUT2D eigenvalue weighted by Crippen LogP contribution is 2.24. The Hall–Kier alpha value is -3.01. The molecular formula is C30H35BrN4O3S. The molecule has 0 bridgehead atoms. The summed E-state index contributed by atoms with van der Waals surface area (Å²) in [6.45, 7) is 5.70. The molecule has 2 heterocycles. The smallest absolute Gasteiger partial charge is 0.245 e. The number of unbranched alkanes of at least 4 members (excludes halogenated alkanes) is 1. The lowest BCUT2D eigenvalue weighted by Crippen LogP contribution is -2.43. The van der Waals surface area contributed by atoms with E-state index >= 15 is 0 Å². The lowest BCUT2D eigenvalue weighted by Gasteiger charge is -2.28. The topological polar surface area (TPSA) is 75.5 Å². The normalized spacial score (nSPS) is 11.8. The minimum Gasteiger partial charge on any atom is -0.345 e. The van der Waals surface area contributed by atoms with E-state index in [-0.39, 0.29) is 23.9 Å². The molecule has 2 aromatic carbocycles. The van der Waals surface area contributed by atoms with Crippen LogP contribution in [0.5, 0.6) is 0 Å². The third kappa shape index (κ3) is 7.15. The second-order valence-electron chi connectivity index (χ2n) is 9.59. The van der Waals surface area contributed by atoms with Crippen molar-refractivity contribution >= 4 is 42.8 Å². The van der Waals surface area contributed by atoms with Gasteiger partial charge in [0.05, 0.1) is 18.6 Å². The number of carbonyl (C=O) groups excluding carboxylic acids is 1. The van der Waals surface area contributed by atoms with Gasteiger partial charge in [-0.25, -0.2) is 8.42 Å². The molecule has 7 nitrogen and oxygen atoms in total. The molecule has 0 N–H and O–H groups in total. The summed E-state index contributed by atoms with van der Waals surface area (Å²) in [5, 5.41) is 0.748. The maximum atomic E-state index is 13.8. The van der Waals surface area contributed by atoms with Crippen molar-refractivity contribution in [3.63, 3.8) is 0 Å². The van der Waals surface area contributed by atoms with Gasteiger partial charge in [-0.15, -0.1) is 0 Å². The molecule has 0 aliphatic heterocycles. The summed E-state index contributed by atoms with van der Waals surface area (Å²) < 4.78 is 32.1. The summed E-state index contributed by atoms with van der Waals surface area (Å²) >= 11 is 3.48. The summed E-state index contributed by atoms with van der Waals surface area (Å²) in [7, 11) is -3.94. The predicted molar refractivity (Wildman–Crippen MR) is 159 cm³/mol. The van der Waals surface area contributed by atoms with E-state index in [1.807, 2.05) is 49.5 Å². The summed E-state index contributed by atoms with van der Waals surface area (Å²) in [5.41, 5.74) is 2.58. The fourth-order valence-corrected chi connectivity index (χ4v) is 6.49. The van der Waals surface area contributed by atoms with Gasteiger partial charge in [-0.3, -0.25) is 9.78 Å². The Morgan fingerprint density at radius 3 is 2.46 bits per heavy atom. The van der Waals surface area contributed by atoms with Crippen molar-refractivity contribution in [2.45, 2.75) is 51.1 Å². The van der Waals surface area contributed by atoms with E-state index in [0.29, 0.717) is 31.6 Å².